The van der Waals surface area contributed by atoms with E-state index in [0.29, 0.717) is 10.7 Å². The molecular weight excluding hydrogens is 328 g/mol. The highest BCUT2D eigenvalue weighted by molar-refractivity contribution is 6.41. The standard InChI is InChI=1S/C17H13ClN4O2/c18-13-6-2-4-8-15(13)21-16(23)17(24)22-20-10-11-9-19-14-7-3-1-5-12(11)14/h1-10,19H,(H,21,23)(H,22,24)/b20-10-. The Morgan fingerprint density at radius 3 is 2.62 bits per heavy atom. The number of fused-ring (bicyclic) bond motifs is 1. The number of para-hydroxylation sites is 2. The molecule has 3 aromatic rings. The average Bonchev–Trinajstić information content (AvgIpc) is 3.00. The molecule has 3 N–H and O–H groups in total. The van der Waals surface area contributed by atoms with Gasteiger partial charge in [0.25, 0.3) is 0 Å². The second-order valence-corrected chi connectivity index (χ2v) is 5.33. The lowest BCUT2D eigenvalue weighted by molar-refractivity contribution is -0.136. The van der Waals surface area contributed by atoms with Crippen LogP contribution in [-0.4, -0.2) is 23.0 Å². The maximum atomic E-state index is 11.8. The molecule has 7 heteroatoms. The molecule has 6 nitrogen and oxygen atoms in total. The molecule has 0 aliphatic rings. The van der Waals surface area contributed by atoms with E-state index < -0.39 is 11.8 Å². The molecule has 2 amide bonds. The number of carbonyl (C=O) groups is 2. The Balaban J connectivity index is 1.62. The third-order valence-electron chi connectivity index (χ3n) is 3.32. The molecule has 0 bridgehead atoms. The molecule has 24 heavy (non-hydrogen) atoms. The Kier molecular flexibility index (Phi) is 4.58. The minimum absolute atomic E-state index is 0.348. The number of carbonyl (C=O) groups excluding carboxylic acids is 2. The maximum Gasteiger partial charge on any atom is 0.329 e. The quantitative estimate of drug-likeness (QED) is 0.389. The largest absolute Gasteiger partial charge is 0.361 e. The number of nitrogens with one attached hydrogen (secondary N) is 3. The first-order valence-electron chi connectivity index (χ1n) is 7.10. The van der Waals surface area contributed by atoms with Gasteiger partial charge < -0.3 is 10.3 Å². The van der Waals surface area contributed by atoms with Gasteiger partial charge in [-0.2, -0.15) is 5.10 Å². The maximum absolute atomic E-state index is 11.8. The highest BCUT2D eigenvalue weighted by Crippen LogP contribution is 2.20. The fourth-order valence-corrected chi connectivity index (χ4v) is 2.34. The van der Waals surface area contributed by atoms with Gasteiger partial charge in [-0.05, 0) is 18.2 Å². The summed E-state index contributed by atoms with van der Waals surface area (Å²) in [7, 11) is 0. The number of amides is 2. The van der Waals surface area contributed by atoms with Gasteiger partial charge in [0.05, 0.1) is 16.9 Å². The molecule has 0 unspecified atom stereocenters. The van der Waals surface area contributed by atoms with Crippen LogP contribution >= 0.6 is 11.6 Å². The van der Waals surface area contributed by atoms with Crippen LogP contribution in [0.15, 0.2) is 59.8 Å². The third kappa shape index (κ3) is 3.44. The molecule has 3 rings (SSSR count). The molecule has 0 saturated heterocycles. The summed E-state index contributed by atoms with van der Waals surface area (Å²) in [6.07, 6.45) is 3.24. The van der Waals surface area contributed by atoms with E-state index in [1.54, 1.807) is 30.5 Å². The number of aromatic nitrogens is 1. The smallest absolute Gasteiger partial charge is 0.329 e. The Hall–Kier alpha value is -3.12. The number of halogens is 1. The van der Waals surface area contributed by atoms with Crippen LogP contribution in [0.3, 0.4) is 0 Å². The van der Waals surface area contributed by atoms with E-state index in [1.165, 1.54) is 6.21 Å². The van der Waals surface area contributed by atoms with Gasteiger partial charge in [0, 0.05) is 22.7 Å². The predicted octanol–water partition coefficient (Wildman–Crippen LogP) is 2.91. The topological polar surface area (TPSA) is 86.3 Å². The van der Waals surface area contributed by atoms with Gasteiger partial charge in [0.1, 0.15) is 0 Å². The van der Waals surface area contributed by atoms with Crippen LogP contribution in [0.25, 0.3) is 10.9 Å². The van der Waals surface area contributed by atoms with Gasteiger partial charge in [0.2, 0.25) is 0 Å². The Labute approximate surface area is 142 Å². The van der Waals surface area contributed by atoms with E-state index in [-0.39, 0.29) is 0 Å². The number of hydrogen-bond donors (Lipinski definition) is 3. The molecule has 1 heterocycles. The summed E-state index contributed by atoms with van der Waals surface area (Å²) in [6, 6.07) is 14.3. The zero-order chi connectivity index (χ0) is 16.9. The lowest BCUT2D eigenvalue weighted by Gasteiger charge is -2.05. The Morgan fingerprint density at radius 1 is 1.04 bits per heavy atom. The van der Waals surface area contributed by atoms with Crippen molar-refractivity contribution < 1.29 is 9.59 Å². The summed E-state index contributed by atoms with van der Waals surface area (Å²) in [5, 5.41) is 7.55. The van der Waals surface area contributed by atoms with E-state index in [0.717, 1.165) is 16.5 Å². The summed E-state index contributed by atoms with van der Waals surface area (Å²) in [5.74, 6) is -1.73. The molecule has 1 aromatic heterocycles. The third-order valence-corrected chi connectivity index (χ3v) is 3.65. The zero-order valence-corrected chi connectivity index (χ0v) is 13.2. The fourth-order valence-electron chi connectivity index (χ4n) is 2.15. The van der Waals surface area contributed by atoms with E-state index in [4.69, 9.17) is 11.6 Å². The number of aromatic amines is 1. The molecule has 0 atom stereocenters. The minimum atomic E-state index is -0.883. The summed E-state index contributed by atoms with van der Waals surface area (Å²) in [4.78, 5) is 26.7. The van der Waals surface area contributed by atoms with Gasteiger partial charge in [0.15, 0.2) is 0 Å². The molecule has 2 aromatic carbocycles. The first-order valence-corrected chi connectivity index (χ1v) is 7.48. The van der Waals surface area contributed by atoms with Gasteiger partial charge in [-0.1, -0.05) is 41.9 Å². The Morgan fingerprint density at radius 2 is 1.79 bits per heavy atom. The van der Waals surface area contributed by atoms with Crippen molar-refractivity contribution in [3.8, 4) is 0 Å². The van der Waals surface area contributed by atoms with E-state index in [1.807, 2.05) is 24.3 Å². The molecule has 0 radical (unpaired) electrons. The zero-order valence-electron chi connectivity index (χ0n) is 12.4. The SMILES string of the molecule is O=C(N/N=C\c1c[nH]c2ccccc12)C(=O)Nc1ccccc1Cl. The average molecular weight is 341 g/mol. The van der Waals surface area contributed by atoms with Gasteiger partial charge in [-0.3, -0.25) is 9.59 Å². The van der Waals surface area contributed by atoms with E-state index in [9.17, 15) is 9.59 Å². The van der Waals surface area contributed by atoms with Crippen LogP contribution in [0.5, 0.6) is 0 Å². The van der Waals surface area contributed by atoms with Gasteiger partial charge in [-0.25, -0.2) is 5.43 Å². The molecule has 0 aliphatic carbocycles. The first-order chi connectivity index (χ1) is 11.6. The summed E-state index contributed by atoms with van der Waals surface area (Å²) >= 11 is 5.92. The van der Waals surface area contributed by atoms with Crippen molar-refractivity contribution in [2.75, 3.05) is 5.32 Å². The van der Waals surface area contributed by atoms with Crippen molar-refractivity contribution in [3.05, 3.63) is 65.3 Å². The number of benzene rings is 2. The molecule has 0 aliphatic heterocycles. The number of H-pyrrole nitrogens is 1. The van der Waals surface area contributed by atoms with Crippen LogP contribution in [0.2, 0.25) is 5.02 Å². The van der Waals surface area contributed by atoms with Gasteiger partial charge >= 0.3 is 11.8 Å². The molecule has 0 spiro atoms. The molecule has 0 fully saturated rings. The number of hydrazone groups is 1. The number of nitrogens with zero attached hydrogens (tertiary/aromatic N) is 1. The predicted molar refractivity (Wildman–Crippen MR) is 94.1 cm³/mol. The van der Waals surface area contributed by atoms with Crippen LogP contribution in [-0.2, 0) is 9.59 Å². The summed E-state index contributed by atoms with van der Waals surface area (Å²) in [6.45, 7) is 0. The van der Waals surface area contributed by atoms with Crippen LogP contribution in [0.4, 0.5) is 5.69 Å². The van der Waals surface area contributed by atoms with Crippen molar-refractivity contribution in [2.24, 2.45) is 5.10 Å². The number of hydrogen-bond acceptors (Lipinski definition) is 3. The van der Waals surface area contributed by atoms with Crippen LogP contribution < -0.4 is 10.7 Å². The fraction of sp³-hybridized carbons (Fsp3) is 0. The molecule has 0 saturated carbocycles. The summed E-state index contributed by atoms with van der Waals surface area (Å²) < 4.78 is 0. The monoisotopic (exact) mass is 340 g/mol. The van der Waals surface area contributed by atoms with Crippen molar-refractivity contribution in [1.82, 2.24) is 10.4 Å². The molecule has 120 valence electrons. The van der Waals surface area contributed by atoms with Gasteiger partial charge in [-0.15, -0.1) is 0 Å². The summed E-state index contributed by atoms with van der Waals surface area (Å²) in [5.41, 5.74) is 4.31. The van der Waals surface area contributed by atoms with Crippen molar-refractivity contribution in [3.63, 3.8) is 0 Å². The lowest BCUT2D eigenvalue weighted by atomic mass is 10.2. The van der Waals surface area contributed by atoms with Crippen LogP contribution in [0, 0.1) is 0 Å². The number of rotatable bonds is 3. The minimum Gasteiger partial charge on any atom is -0.361 e. The number of anilines is 1. The highest BCUT2D eigenvalue weighted by Gasteiger charge is 2.14. The normalized spacial score (nSPS) is 10.9. The molecular formula is C17H13ClN4O2. The second kappa shape index (κ2) is 6.97. The van der Waals surface area contributed by atoms with Crippen molar-refractivity contribution >= 4 is 46.2 Å². The van der Waals surface area contributed by atoms with E-state index >= 15 is 0 Å². The lowest BCUT2D eigenvalue weighted by Crippen LogP contribution is -2.32. The van der Waals surface area contributed by atoms with Crippen molar-refractivity contribution in [1.29, 1.82) is 0 Å². The second-order valence-electron chi connectivity index (χ2n) is 4.92. The first kappa shape index (κ1) is 15.8. The van der Waals surface area contributed by atoms with Crippen LogP contribution in [0.1, 0.15) is 5.56 Å². The Bertz CT molecular complexity index is 933. The van der Waals surface area contributed by atoms with E-state index in [2.05, 4.69) is 20.8 Å². The highest BCUT2D eigenvalue weighted by atomic mass is 35.5. The van der Waals surface area contributed by atoms with Crippen molar-refractivity contribution in [2.45, 2.75) is 0 Å².